The Morgan fingerprint density at radius 2 is 1.68 bits per heavy atom. The number of para-hydroxylation sites is 1. The van der Waals surface area contributed by atoms with E-state index >= 15 is 0 Å². The van der Waals surface area contributed by atoms with Crippen LogP contribution in [0.1, 0.15) is 49.7 Å². The molecule has 0 spiro atoms. The zero-order valence-electron chi connectivity index (χ0n) is 20.4. The van der Waals surface area contributed by atoms with Crippen LogP contribution in [0.2, 0.25) is 0 Å². The first-order valence-electron chi connectivity index (χ1n) is 12.4. The zero-order chi connectivity index (χ0) is 26.5. The van der Waals surface area contributed by atoms with Gasteiger partial charge in [-0.1, -0.05) is 61.7 Å². The number of ketones is 1. The number of hydrogen-bond acceptors (Lipinski definition) is 5. The lowest BCUT2D eigenvalue weighted by Crippen LogP contribution is -2.63. The van der Waals surface area contributed by atoms with Crippen LogP contribution in [0.4, 0.5) is 23.7 Å². The van der Waals surface area contributed by atoms with Crippen molar-refractivity contribution in [2.24, 2.45) is 0 Å². The standard InChI is InChI=1S/C27H30F3N3O4/c28-27(29,30)20-11-5-6-12-22(20)33-16-13-21(23(34)17-33)31-24(35)26(14-7-2-8-15-26)32-25(36)37-18-19-9-3-1-4-10-19/h1,3-6,9-12,21H,2,7-8,13-18H2,(H,31,35)(H,32,36). The minimum absolute atomic E-state index is 0.0558. The third-order valence-electron chi connectivity index (χ3n) is 6.97. The normalized spacial score (nSPS) is 19.7. The molecule has 0 aromatic heterocycles. The van der Waals surface area contributed by atoms with Crippen molar-refractivity contribution in [3.8, 4) is 0 Å². The number of carbonyl (C=O) groups is 3. The minimum atomic E-state index is -4.54. The molecule has 1 aliphatic carbocycles. The topological polar surface area (TPSA) is 87.7 Å². The molecule has 4 rings (SSSR count). The second-order valence-corrected chi connectivity index (χ2v) is 9.55. The molecule has 1 saturated carbocycles. The molecular formula is C27H30F3N3O4. The van der Waals surface area contributed by atoms with Crippen molar-refractivity contribution < 1.29 is 32.3 Å². The maximum atomic E-state index is 13.4. The molecular weight excluding hydrogens is 487 g/mol. The average molecular weight is 518 g/mol. The fourth-order valence-electron chi connectivity index (χ4n) is 4.99. The van der Waals surface area contributed by atoms with Crippen molar-refractivity contribution in [3.63, 3.8) is 0 Å². The molecule has 1 atom stereocenters. The molecule has 2 amide bonds. The van der Waals surface area contributed by atoms with Gasteiger partial charge in [-0.05, 0) is 37.0 Å². The van der Waals surface area contributed by atoms with Gasteiger partial charge in [0.2, 0.25) is 5.91 Å². The van der Waals surface area contributed by atoms with Crippen LogP contribution in [0.25, 0.3) is 0 Å². The highest BCUT2D eigenvalue weighted by atomic mass is 19.4. The SMILES string of the molecule is O=C(NC1(C(=O)NC2CCN(c3ccccc3C(F)(F)F)CC2=O)CCCCC1)OCc1ccccc1. The van der Waals surface area contributed by atoms with Crippen molar-refractivity contribution in [1.82, 2.24) is 10.6 Å². The molecule has 10 heteroatoms. The lowest BCUT2D eigenvalue weighted by Gasteiger charge is -2.39. The van der Waals surface area contributed by atoms with Gasteiger partial charge in [-0.3, -0.25) is 9.59 Å². The Bertz CT molecular complexity index is 1120. The molecule has 1 unspecified atom stereocenters. The van der Waals surface area contributed by atoms with Crippen LogP contribution in [0, 0.1) is 0 Å². The number of Topliss-reactive ketones (excluding diaryl/α,β-unsaturated/α-hetero) is 1. The van der Waals surface area contributed by atoms with Crippen LogP contribution in [0.3, 0.4) is 0 Å². The smallest absolute Gasteiger partial charge is 0.418 e. The Morgan fingerprint density at radius 1 is 1.00 bits per heavy atom. The van der Waals surface area contributed by atoms with Gasteiger partial charge in [-0.15, -0.1) is 0 Å². The highest BCUT2D eigenvalue weighted by Crippen LogP contribution is 2.37. The van der Waals surface area contributed by atoms with E-state index in [1.54, 1.807) is 0 Å². The lowest BCUT2D eigenvalue weighted by atomic mass is 9.80. The Labute approximate surface area is 213 Å². The number of rotatable bonds is 6. The summed E-state index contributed by atoms with van der Waals surface area (Å²) < 4.78 is 45.6. The van der Waals surface area contributed by atoms with Gasteiger partial charge in [0.25, 0.3) is 0 Å². The molecule has 2 fully saturated rings. The summed E-state index contributed by atoms with van der Waals surface area (Å²) in [5, 5.41) is 5.51. The Kier molecular flexibility index (Phi) is 8.04. The Morgan fingerprint density at radius 3 is 2.35 bits per heavy atom. The first-order chi connectivity index (χ1) is 17.7. The summed E-state index contributed by atoms with van der Waals surface area (Å²) in [5.74, 6) is -0.847. The summed E-state index contributed by atoms with van der Waals surface area (Å²) in [6.45, 7) is -0.0262. The van der Waals surface area contributed by atoms with Crippen LogP contribution in [0.15, 0.2) is 54.6 Å². The number of nitrogens with one attached hydrogen (secondary N) is 2. The molecule has 2 aromatic carbocycles. The minimum Gasteiger partial charge on any atom is -0.445 e. The Hall–Kier alpha value is -3.56. The van der Waals surface area contributed by atoms with E-state index in [0.717, 1.165) is 30.9 Å². The van der Waals surface area contributed by atoms with Crippen LogP contribution < -0.4 is 15.5 Å². The molecule has 7 nitrogen and oxygen atoms in total. The molecule has 1 saturated heterocycles. The van der Waals surface area contributed by atoms with E-state index < -0.39 is 35.3 Å². The molecule has 37 heavy (non-hydrogen) atoms. The number of halogens is 3. The van der Waals surface area contributed by atoms with Crippen LogP contribution >= 0.6 is 0 Å². The number of nitrogens with zero attached hydrogens (tertiary/aromatic N) is 1. The van der Waals surface area contributed by atoms with Crippen LogP contribution in [0.5, 0.6) is 0 Å². The van der Waals surface area contributed by atoms with Crippen molar-refractivity contribution in [2.45, 2.75) is 62.9 Å². The van der Waals surface area contributed by atoms with E-state index in [1.165, 1.54) is 23.1 Å². The fourth-order valence-corrected chi connectivity index (χ4v) is 4.99. The van der Waals surface area contributed by atoms with E-state index in [9.17, 15) is 27.6 Å². The summed E-state index contributed by atoms with van der Waals surface area (Å²) in [6, 6.07) is 13.5. The van der Waals surface area contributed by atoms with Crippen LogP contribution in [-0.4, -0.2) is 42.5 Å². The first kappa shape index (κ1) is 26.5. The number of benzene rings is 2. The maximum Gasteiger partial charge on any atom is 0.418 e. The second kappa shape index (κ2) is 11.2. The zero-order valence-corrected chi connectivity index (χ0v) is 20.4. The Balaban J connectivity index is 1.39. The number of alkyl halides is 3. The summed E-state index contributed by atoms with van der Waals surface area (Å²) in [5.41, 5.74) is -1.25. The summed E-state index contributed by atoms with van der Waals surface area (Å²) >= 11 is 0. The van der Waals surface area contributed by atoms with E-state index in [1.807, 2.05) is 30.3 Å². The summed E-state index contributed by atoms with van der Waals surface area (Å²) in [7, 11) is 0. The van der Waals surface area contributed by atoms with Crippen molar-refractivity contribution in [1.29, 1.82) is 0 Å². The number of hydrogen-bond donors (Lipinski definition) is 2. The van der Waals surface area contributed by atoms with Gasteiger partial charge >= 0.3 is 12.3 Å². The van der Waals surface area contributed by atoms with Gasteiger partial charge in [0.1, 0.15) is 12.1 Å². The third kappa shape index (κ3) is 6.42. The second-order valence-electron chi connectivity index (χ2n) is 9.55. The highest BCUT2D eigenvalue weighted by molar-refractivity contribution is 5.97. The van der Waals surface area contributed by atoms with E-state index in [0.29, 0.717) is 12.8 Å². The number of amides is 2. The van der Waals surface area contributed by atoms with Gasteiger partial charge in [-0.2, -0.15) is 13.2 Å². The number of anilines is 1. The summed E-state index contributed by atoms with van der Waals surface area (Å²) in [4.78, 5) is 40.3. The maximum absolute atomic E-state index is 13.4. The number of ether oxygens (including phenoxy) is 1. The lowest BCUT2D eigenvalue weighted by molar-refractivity contribution is -0.137. The van der Waals surface area contributed by atoms with Crippen molar-refractivity contribution in [3.05, 3.63) is 65.7 Å². The van der Waals surface area contributed by atoms with Crippen molar-refractivity contribution >= 4 is 23.5 Å². The van der Waals surface area contributed by atoms with Crippen molar-refractivity contribution in [2.75, 3.05) is 18.0 Å². The average Bonchev–Trinajstić information content (AvgIpc) is 2.89. The van der Waals surface area contributed by atoms with Gasteiger partial charge < -0.3 is 20.3 Å². The van der Waals surface area contributed by atoms with Gasteiger partial charge in [-0.25, -0.2) is 4.79 Å². The number of alkyl carbamates (subject to hydrolysis) is 1. The highest BCUT2D eigenvalue weighted by Gasteiger charge is 2.44. The monoisotopic (exact) mass is 517 g/mol. The first-order valence-corrected chi connectivity index (χ1v) is 12.4. The predicted octanol–water partition coefficient (Wildman–Crippen LogP) is 4.60. The molecule has 0 bridgehead atoms. The summed E-state index contributed by atoms with van der Waals surface area (Å²) in [6.07, 6.45) is -1.90. The molecule has 0 radical (unpaired) electrons. The van der Waals surface area contributed by atoms with Gasteiger partial charge in [0.15, 0.2) is 5.78 Å². The fraction of sp³-hybridized carbons (Fsp3) is 0.444. The molecule has 1 aliphatic heterocycles. The molecule has 198 valence electrons. The third-order valence-corrected chi connectivity index (χ3v) is 6.97. The molecule has 2 aliphatic rings. The van der Waals surface area contributed by atoms with Gasteiger partial charge in [0, 0.05) is 12.2 Å². The molecule has 2 N–H and O–H groups in total. The number of carbonyl (C=O) groups excluding carboxylic acids is 3. The van der Waals surface area contributed by atoms with Gasteiger partial charge in [0.05, 0.1) is 18.2 Å². The quantitative estimate of drug-likeness (QED) is 0.585. The number of piperidine rings is 1. The molecule has 2 aromatic rings. The predicted molar refractivity (Wildman–Crippen MR) is 131 cm³/mol. The van der Waals surface area contributed by atoms with Crippen LogP contribution in [-0.2, 0) is 27.1 Å². The van der Waals surface area contributed by atoms with E-state index in [-0.39, 0.29) is 37.6 Å². The van der Waals surface area contributed by atoms with E-state index in [2.05, 4.69) is 10.6 Å². The molecule has 1 heterocycles. The largest absolute Gasteiger partial charge is 0.445 e. The van der Waals surface area contributed by atoms with E-state index in [4.69, 9.17) is 4.74 Å².